The van der Waals surface area contributed by atoms with E-state index in [2.05, 4.69) is 20.2 Å². The normalized spacial score (nSPS) is 15.3. The third-order valence-electron chi connectivity index (χ3n) is 5.92. The first-order chi connectivity index (χ1) is 16.5. The Morgan fingerprint density at radius 3 is 2.53 bits per heavy atom. The molecule has 3 heterocycles. The largest absolute Gasteiger partial charge is 0.497 e. The van der Waals surface area contributed by atoms with Gasteiger partial charge >= 0.3 is 0 Å². The van der Waals surface area contributed by atoms with Crippen LogP contribution in [-0.4, -0.2) is 75.0 Å². The number of amides is 1. The van der Waals surface area contributed by atoms with Crippen molar-refractivity contribution in [2.75, 3.05) is 54.2 Å². The summed E-state index contributed by atoms with van der Waals surface area (Å²) in [5.41, 5.74) is 1.93. The van der Waals surface area contributed by atoms with E-state index in [1.165, 1.54) is 11.3 Å². The van der Waals surface area contributed by atoms with Gasteiger partial charge in [0, 0.05) is 26.7 Å². The molecule has 0 spiro atoms. The number of nitrogens with one attached hydrogen (secondary N) is 1. The maximum atomic E-state index is 13.3. The zero-order chi connectivity index (χ0) is 24.1. The molecule has 1 atom stereocenters. The van der Waals surface area contributed by atoms with Crippen LogP contribution in [0.1, 0.15) is 32.7 Å². The van der Waals surface area contributed by atoms with Gasteiger partial charge in [-0.3, -0.25) is 9.69 Å². The van der Waals surface area contributed by atoms with Crippen LogP contribution in [0.2, 0.25) is 0 Å². The molecule has 34 heavy (non-hydrogen) atoms. The lowest BCUT2D eigenvalue weighted by atomic mass is 10.0. The predicted molar refractivity (Wildman–Crippen MR) is 130 cm³/mol. The van der Waals surface area contributed by atoms with Gasteiger partial charge in [-0.1, -0.05) is 12.1 Å². The fourth-order valence-electron chi connectivity index (χ4n) is 4.14. The Bertz CT molecular complexity index is 1130. The zero-order valence-corrected chi connectivity index (χ0v) is 20.7. The summed E-state index contributed by atoms with van der Waals surface area (Å²) in [5, 5.41) is 3.91. The molecule has 1 aliphatic rings. The van der Waals surface area contributed by atoms with Gasteiger partial charge in [-0.25, -0.2) is 4.98 Å². The molecule has 1 saturated heterocycles. The lowest BCUT2D eigenvalue weighted by Gasteiger charge is -2.35. The molecule has 2 aromatic heterocycles. The Morgan fingerprint density at radius 2 is 1.88 bits per heavy atom. The highest BCUT2D eigenvalue weighted by atomic mass is 32.1. The number of thiophene rings is 1. The number of ether oxygens (including phenoxy) is 4. The first-order valence-corrected chi connectivity index (χ1v) is 11.9. The summed E-state index contributed by atoms with van der Waals surface area (Å²) in [5.74, 6) is 1.64. The molecule has 0 saturated carbocycles. The van der Waals surface area contributed by atoms with Gasteiger partial charge < -0.3 is 24.3 Å². The maximum absolute atomic E-state index is 13.3. The van der Waals surface area contributed by atoms with Gasteiger partial charge in [0.1, 0.15) is 17.2 Å². The van der Waals surface area contributed by atoms with Crippen LogP contribution >= 0.6 is 11.3 Å². The SMILES string of the molecule is COCc1nc(OC)c2c(C)c(C(=O)NCC(c3ccc(OC)cc3)N3CCOCC3)sc2n1. The first-order valence-electron chi connectivity index (χ1n) is 11.1. The van der Waals surface area contributed by atoms with Crippen molar-refractivity contribution < 1.29 is 23.7 Å². The standard InChI is InChI=1S/C24H30N4O5S/c1-15-20-23(32-4)26-19(14-30-2)27-24(20)34-21(15)22(29)25-13-18(28-9-11-33-12-10-28)16-5-7-17(31-3)8-6-16/h5-8,18H,9-14H2,1-4H3,(H,25,29). The molecule has 4 rings (SSSR count). The molecule has 0 aliphatic carbocycles. The third kappa shape index (κ3) is 5.15. The summed E-state index contributed by atoms with van der Waals surface area (Å²) in [6, 6.07) is 8.02. The lowest BCUT2D eigenvalue weighted by molar-refractivity contribution is 0.0162. The highest BCUT2D eigenvalue weighted by Gasteiger charge is 2.25. The summed E-state index contributed by atoms with van der Waals surface area (Å²) in [7, 11) is 4.81. The second kappa shape index (κ2) is 11.1. The van der Waals surface area contributed by atoms with Crippen LogP contribution in [0.25, 0.3) is 10.2 Å². The van der Waals surface area contributed by atoms with Gasteiger partial charge in [-0.2, -0.15) is 4.98 Å². The minimum Gasteiger partial charge on any atom is -0.497 e. The van der Waals surface area contributed by atoms with Crippen molar-refractivity contribution in [2.24, 2.45) is 0 Å². The number of aryl methyl sites for hydroxylation is 1. The van der Waals surface area contributed by atoms with Crippen LogP contribution in [0.15, 0.2) is 24.3 Å². The van der Waals surface area contributed by atoms with Crippen LogP contribution in [0.5, 0.6) is 11.6 Å². The summed E-state index contributed by atoms with van der Waals surface area (Å²) in [4.78, 5) is 25.9. The molecule has 9 nitrogen and oxygen atoms in total. The maximum Gasteiger partial charge on any atom is 0.261 e. The van der Waals surface area contributed by atoms with Crippen LogP contribution in [-0.2, 0) is 16.1 Å². The molecular weight excluding hydrogens is 456 g/mol. The molecule has 1 amide bonds. The van der Waals surface area contributed by atoms with Crippen molar-refractivity contribution in [2.45, 2.75) is 19.6 Å². The summed E-state index contributed by atoms with van der Waals surface area (Å²) >= 11 is 1.34. The van der Waals surface area contributed by atoms with Crippen molar-refractivity contribution in [3.05, 3.63) is 46.1 Å². The monoisotopic (exact) mass is 486 g/mol. The van der Waals surface area contributed by atoms with Crippen LogP contribution in [0, 0.1) is 6.92 Å². The Hall–Kier alpha value is -2.79. The average Bonchev–Trinajstić information content (AvgIpc) is 3.21. The number of hydrogen-bond donors (Lipinski definition) is 1. The number of methoxy groups -OCH3 is 3. The Kier molecular flexibility index (Phi) is 7.94. The van der Waals surface area contributed by atoms with Gasteiger partial charge in [0.25, 0.3) is 5.91 Å². The molecule has 1 N–H and O–H groups in total. The molecule has 1 aliphatic heterocycles. The lowest BCUT2D eigenvalue weighted by Crippen LogP contribution is -2.43. The van der Waals surface area contributed by atoms with Gasteiger partial charge in [0.2, 0.25) is 5.88 Å². The number of rotatable bonds is 9. The number of fused-ring (bicyclic) bond motifs is 1. The summed E-state index contributed by atoms with van der Waals surface area (Å²) < 4.78 is 21.5. The number of carbonyl (C=O) groups is 1. The number of benzene rings is 1. The number of hydrogen-bond acceptors (Lipinski definition) is 9. The van der Waals surface area contributed by atoms with E-state index in [4.69, 9.17) is 18.9 Å². The van der Waals surface area contributed by atoms with E-state index in [-0.39, 0.29) is 18.6 Å². The minimum absolute atomic E-state index is 0.0241. The van der Waals surface area contributed by atoms with E-state index < -0.39 is 0 Å². The highest BCUT2D eigenvalue weighted by molar-refractivity contribution is 7.20. The van der Waals surface area contributed by atoms with E-state index in [1.807, 2.05) is 31.2 Å². The van der Waals surface area contributed by atoms with Gasteiger partial charge in [-0.15, -0.1) is 11.3 Å². The van der Waals surface area contributed by atoms with Crippen LogP contribution in [0.3, 0.4) is 0 Å². The molecule has 0 bridgehead atoms. The third-order valence-corrected chi connectivity index (χ3v) is 7.10. The predicted octanol–water partition coefficient (Wildman–Crippen LogP) is 2.97. The van der Waals surface area contributed by atoms with E-state index in [0.29, 0.717) is 41.2 Å². The fraction of sp³-hybridized carbons (Fsp3) is 0.458. The van der Waals surface area contributed by atoms with Crippen molar-refractivity contribution in [3.8, 4) is 11.6 Å². The van der Waals surface area contributed by atoms with Crippen LogP contribution in [0.4, 0.5) is 0 Å². The Morgan fingerprint density at radius 1 is 1.15 bits per heavy atom. The van der Waals surface area contributed by atoms with E-state index in [9.17, 15) is 4.79 Å². The van der Waals surface area contributed by atoms with Crippen LogP contribution < -0.4 is 14.8 Å². The number of nitrogens with zero attached hydrogens (tertiary/aromatic N) is 3. The zero-order valence-electron chi connectivity index (χ0n) is 19.9. The van der Waals surface area contributed by atoms with Crippen molar-refractivity contribution in [3.63, 3.8) is 0 Å². The second-order valence-electron chi connectivity index (χ2n) is 7.97. The molecule has 182 valence electrons. The Labute approximate surface area is 203 Å². The van der Waals surface area contributed by atoms with Crippen molar-refractivity contribution in [1.82, 2.24) is 20.2 Å². The number of morpholine rings is 1. The van der Waals surface area contributed by atoms with E-state index in [1.54, 1.807) is 21.3 Å². The smallest absolute Gasteiger partial charge is 0.261 e. The first kappa shape index (κ1) is 24.3. The molecule has 1 fully saturated rings. The van der Waals surface area contributed by atoms with Crippen molar-refractivity contribution in [1.29, 1.82) is 0 Å². The Balaban J connectivity index is 1.57. The number of carbonyl (C=O) groups excluding carboxylic acids is 1. The highest BCUT2D eigenvalue weighted by Crippen LogP contribution is 2.35. The van der Waals surface area contributed by atoms with Gasteiger partial charge in [0.15, 0.2) is 5.82 Å². The van der Waals surface area contributed by atoms with Gasteiger partial charge in [-0.05, 0) is 30.2 Å². The summed E-state index contributed by atoms with van der Waals surface area (Å²) in [6.45, 7) is 5.62. The topological polar surface area (TPSA) is 95.0 Å². The van der Waals surface area contributed by atoms with E-state index in [0.717, 1.165) is 35.4 Å². The van der Waals surface area contributed by atoms with E-state index >= 15 is 0 Å². The molecule has 1 unspecified atom stereocenters. The minimum atomic E-state index is -0.136. The molecular formula is C24H30N4O5S. The molecule has 0 radical (unpaired) electrons. The van der Waals surface area contributed by atoms with Crippen molar-refractivity contribution >= 4 is 27.5 Å². The average molecular weight is 487 g/mol. The number of aromatic nitrogens is 2. The molecule has 10 heteroatoms. The second-order valence-corrected chi connectivity index (χ2v) is 8.96. The summed E-state index contributed by atoms with van der Waals surface area (Å²) in [6.07, 6.45) is 0. The fourth-order valence-corrected chi connectivity index (χ4v) is 5.25. The molecule has 3 aromatic rings. The van der Waals surface area contributed by atoms with Gasteiger partial charge in [0.05, 0.1) is 43.7 Å². The quantitative estimate of drug-likeness (QED) is 0.493. The molecule has 1 aromatic carbocycles.